The number of nitro benzene ring substituents is 1. The molecule has 2 aromatic carbocycles. The molecule has 168 valence electrons. The maximum atomic E-state index is 13.5. The van der Waals surface area contributed by atoms with E-state index in [-0.39, 0.29) is 23.1 Å². The standard InChI is InChI=1S/C24H21N3O6/c28-19(14-5-2-1-3-6-14)13-25(22(29)17-7-4-8-18(12-17)27(32)33)26-23(30)20-15-9-10-16(11-15)21(20)24(26)31/h1-8,12,15-16,20-21H,9-11,13H2/t15-,16-,20-,21-/m0/s1. The van der Waals surface area contributed by atoms with Gasteiger partial charge in [0.2, 0.25) is 0 Å². The lowest BCUT2D eigenvalue weighted by Crippen LogP contribution is -2.52. The molecular weight excluding hydrogens is 426 g/mol. The van der Waals surface area contributed by atoms with E-state index in [4.69, 9.17) is 0 Å². The molecule has 0 spiro atoms. The third-order valence-electron chi connectivity index (χ3n) is 7.07. The SMILES string of the molecule is O=C(CN(C(=O)c1cccc([N+](=O)[O-])c1)N1C(=O)[C@H]2[C@H]3CC[C@@H](C3)[C@@H]2C1=O)c1ccccc1. The number of hydrogen-bond donors (Lipinski definition) is 0. The van der Waals surface area contributed by atoms with Crippen LogP contribution < -0.4 is 0 Å². The lowest BCUT2D eigenvalue weighted by Gasteiger charge is -2.30. The number of rotatable bonds is 6. The van der Waals surface area contributed by atoms with Gasteiger partial charge in [0.1, 0.15) is 6.54 Å². The summed E-state index contributed by atoms with van der Waals surface area (Å²) in [6.07, 6.45) is 2.59. The number of benzene rings is 2. The zero-order chi connectivity index (χ0) is 23.3. The lowest BCUT2D eigenvalue weighted by atomic mass is 9.81. The van der Waals surface area contributed by atoms with Crippen molar-refractivity contribution in [2.75, 3.05) is 6.54 Å². The number of imide groups is 1. The predicted octanol–water partition coefficient (Wildman–Crippen LogP) is 2.87. The van der Waals surface area contributed by atoms with Crippen LogP contribution in [-0.2, 0) is 9.59 Å². The van der Waals surface area contributed by atoms with E-state index in [1.165, 1.54) is 18.2 Å². The third kappa shape index (κ3) is 3.40. The molecule has 0 N–H and O–H groups in total. The van der Waals surface area contributed by atoms with Crippen molar-refractivity contribution in [3.8, 4) is 0 Å². The number of amides is 3. The van der Waals surface area contributed by atoms with Crippen LogP contribution in [0.1, 0.15) is 40.0 Å². The lowest BCUT2D eigenvalue weighted by molar-refractivity contribution is -0.384. The molecule has 1 heterocycles. The second kappa shape index (κ2) is 7.91. The predicted molar refractivity (Wildman–Crippen MR) is 115 cm³/mol. The fourth-order valence-corrected chi connectivity index (χ4v) is 5.62. The minimum atomic E-state index is -0.808. The normalized spacial score (nSPS) is 25.3. The summed E-state index contributed by atoms with van der Waals surface area (Å²) in [5.74, 6) is -2.89. The third-order valence-corrected chi connectivity index (χ3v) is 7.07. The summed E-state index contributed by atoms with van der Waals surface area (Å²) >= 11 is 0. The Labute approximate surface area is 189 Å². The Morgan fingerprint density at radius 3 is 2.15 bits per heavy atom. The summed E-state index contributed by atoms with van der Waals surface area (Å²) in [4.78, 5) is 63.7. The summed E-state index contributed by atoms with van der Waals surface area (Å²) in [6.45, 7) is -0.530. The Hall–Kier alpha value is -3.88. The molecule has 2 aromatic rings. The van der Waals surface area contributed by atoms with Crippen molar-refractivity contribution in [3.63, 3.8) is 0 Å². The number of nitro groups is 1. The van der Waals surface area contributed by atoms with E-state index in [1.807, 2.05) is 0 Å². The summed E-state index contributed by atoms with van der Waals surface area (Å²) in [5, 5.41) is 12.9. The van der Waals surface area contributed by atoms with Gasteiger partial charge in [-0.25, -0.2) is 5.01 Å². The van der Waals surface area contributed by atoms with Gasteiger partial charge in [-0.15, -0.1) is 0 Å². The largest absolute Gasteiger partial charge is 0.292 e. The summed E-state index contributed by atoms with van der Waals surface area (Å²) < 4.78 is 0. The number of hydrogen-bond acceptors (Lipinski definition) is 6. The zero-order valence-electron chi connectivity index (χ0n) is 17.6. The Kier molecular flexibility index (Phi) is 5.03. The van der Waals surface area contributed by atoms with E-state index < -0.39 is 46.8 Å². The van der Waals surface area contributed by atoms with Gasteiger partial charge in [0.05, 0.1) is 16.8 Å². The number of hydrazine groups is 1. The van der Waals surface area contributed by atoms with E-state index in [2.05, 4.69) is 0 Å². The molecule has 1 saturated heterocycles. The van der Waals surface area contributed by atoms with Crippen molar-refractivity contribution in [3.05, 3.63) is 75.8 Å². The number of fused-ring (bicyclic) bond motifs is 5. The number of nitrogens with zero attached hydrogens (tertiary/aromatic N) is 3. The van der Waals surface area contributed by atoms with E-state index in [0.29, 0.717) is 5.56 Å². The minimum Gasteiger partial charge on any atom is -0.292 e. The van der Waals surface area contributed by atoms with Gasteiger partial charge >= 0.3 is 0 Å². The van der Waals surface area contributed by atoms with E-state index in [9.17, 15) is 29.3 Å². The Bertz CT molecular complexity index is 1150. The molecule has 2 aliphatic carbocycles. The Morgan fingerprint density at radius 1 is 0.939 bits per heavy atom. The van der Waals surface area contributed by atoms with Gasteiger partial charge in [-0.3, -0.25) is 29.3 Å². The van der Waals surface area contributed by atoms with Gasteiger partial charge in [0.15, 0.2) is 5.78 Å². The highest BCUT2D eigenvalue weighted by Gasteiger charge is 2.62. The number of ketones is 1. The maximum Gasteiger partial charge on any atom is 0.273 e. The first-order chi connectivity index (χ1) is 15.9. The van der Waals surface area contributed by atoms with Crippen molar-refractivity contribution in [2.45, 2.75) is 19.3 Å². The first kappa shape index (κ1) is 21.0. The van der Waals surface area contributed by atoms with Crippen molar-refractivity contribution in [1.29, 1.82) is 0 Å². The Balaban J connectivity index is 1.52. The minimum absolute atomic E-state index is 0.0781. The van der Waals surface area contributed by atoms with Gasteiger partial charge in [-0.1, -0.05) is 36.4 Å². The molecule has 5 rings (SSSR count). The molecular formula is C24H21N3O6. The van der Waals surface area contributed by atoms with Crippen LogP contribution in [0.3, 0.4) is 0 Å². The van der Waals surface area contributed by atoms with Crippen LogP contribution in [0.4, 0.5) is 5.69 Å². The molecule has 4 atom stereocenters. The highest BCUT2D eigenvalue weighted by atomic mass is 16.6. The van der Waals surface area contributed by atoms with E-state index >= 15 is 0 Å². The summed E-state index contributed by atoms with van der Waals surface area (Å²) in [7, 11) is 0. The van der Waals surface area contributed by atoms with Crippen LogP contribution in [-0.4, -0.2) is 45.0 Å². The van der Waals surface area contributed by atoms with Gasteiger partial charge < -0.3 is 0 Å². The molecule has 1 aliphatic heterocycles. The maximum absolute atomic E-state index is 13.5. The van der Waals surface area contributed by atoms with Gasteiger partial charge in [-0.05, 0) is 37.2 Å². The van der Waals surface area contributed by atoms with Crippen molar-refractivity contribution in [1.82, 2.24) is 10.0 Å². The molecule has 2 bridgehead atoms. The molecule has 0 unspecified atom stereocenters. The molecule has 3 aliphatic rings. The fourth-order valence-electron chi connectivity index (χ4n) is 5.62. The molecule has 3 fully saturated rings. The van der Waals surface area contributed by atoms with Crippen LogP contribution in [0.25, 0.3) is 0 Å². The number of carbonyl (C=O) groups is 4. The molecule has 9 nitrogen and oxygen atoms in total. The number of Topliss-reactive ketones (excluding diaryl/α,β-unsaturated/α-hetero) is 1. The first-order valence-corrected chi connectivity index (χ1v) is 10.9. The highest BCUT2D eigenvalue weighted by molar-refractivity contribution is 6.10. The topological polar surface area (TPSA) is 118 Å². The fraction of sp³-hybridized carbons (Fsp3) is 0.333. The molecule has 2 saturated carbocycles. The van der Waals surface area contributed by atoms with Crippen LogP contribution in [0.5, 0.6) is 0 Å². The summed E-state index contributed by atoms with van der Waals surface area (Å²) in [5.41, 5.74) is -0.0523. The van der Waals surface area contributed by atoms with Crippen molar-refractivity contribution < 1.29 is 24.1 Å². The van der Waals surface area contributed by atoms with Crippen LogP contribution in [0.2, 0.25) is 0 Å². The molecule has 0 radical (unpaired) electrons. The van der Waals surface area contributed by atoms with E-state index in [1.54, 1.807) is 30.3 Å². The molecule has 0 aromatic heterocycles. The average molecular weight is 447 g/mol. The van der Waals surface area contributed by atoms with Gasteiger partial charge in [0.25, 0.3) is 23.4 Å². The smallest absolute Gasteiger partial charge is 0.273 e. The second-order valence-corrected chi connectivity index (χ2v) is 8.83. The first-order valence-electron chi connectivity index (χ1n) is 10.9. The average Bonchev–Trinajstić information content (AvgIpc) is 3.51. The van der Waals surface area contributed by atoms with Crippen LogP contribution in [0, 0.1) is 33.8 Å². The van der Waals surface area contributed by atoms with Gasteiger partial charge in [0, 0.05) is 23.3 Å². The zero-order valence-corrected chi connectivity index (χ0v) is 17.6. The highest BCUT2D eigenvalue weighted by Crippen LogP contribution is 2.56. The number of non-ortho nitro benzene ring substituents is 1. The van der Waals surface area contributed by atoms with Crippen LogP contribution in [0.15, 0.2) is 54.6 Å². The quantitative estimate of drug-likeness (QED) is 0.291. The monoisotopic (exact) mass is 447 g/mol. The van der Waals surface area contributed by atoms with Crippen molar-refractivity contribution in [2.24, 2.45) is 23.7 Å². The van der Waals surface area contributed by atoms with Gasteiger partial charge in [-0.2, -0.15) is 5.01 Å². The molecule has 33 heavy (non-hydrogen) atoms. The van der Waals surface area contributed by atoms with E-state index in [0.717, 1.165) is 35.3 Å². The molecule has 3 amide bonds. The summed E-state index contributed by atoms with van der Waals surface area (Å²) in [6, 6.07) is 13.3. The van der Waals surface area contributed by atoms with Crippen molar-refractivity contribution >= 4 is 29.2 Å². The second-order valence-electron chi connectivity index (χ2n) is 8.83. The molecule has 9 heteroatoms. The Morgan fingerprint density at radius 2 is 1.55 bits per heavy atom. The van der Waals surface area contributed by atoms with Crippen LogP contribution >= 0.6 is 0 Å². The number of carbonyl (C=O) groups excluding carboxylic acids is 4.